The molecular formula is C16H23N3. The van der Waals surface area contributed by atoms with Crippen LogP contribution in [0.3, 0.4) is 0 Å². The second kappa shape index (κ2) is 7.10. The van der Waals surface area contributed by atoms with Crippen molar-refractivity contribution in [1.82, 2.24) is 14.9 Å². The number of hydrogen-bond acceptors (Lipinski definition) is 2. The van der Waals surface area contributed by atoms with Gasteiger partial charge in [-0.2, -0.15) is 0 Å². The molecule has 0 fully saturated rings. The maximum atomic E-state index is 4.22. The molecule has 0 aliphatic heterocycles. The Labute approximate surface area is 115 Å². The Balaban J connectivity index is 1.63. The molecule has 1 unspecified atom stereocenters. The smallest absolute Gasteiger partial charge is 0.105 e. The number of aryl methyl sites for hydroxylation is 1. The van der Waals surface area contributed by atoms with E-state index in [1.807, 2.05) is 19.3 Å². The van der Waals surface area contributed by atoms with Crippen LogP contribution in [0.25, 0.3) is 0 Å². The summed E-state index contributed by atoms with van der Waals surface area (Å²) in [6, 6.07) is 10.7. The summed E-state index contributed by atoms with van der Waals surface area (Å²) in [6.07, 6.45) is 5.06. The van der Waals surface area contributed by atoms with Crippen molar-refractivity contribution in [2.75, 3.05) is 13.1 Å². The fraction of sp³-hybridized carbons (Fsp3) is 0.438. The van der Waals surface area contributed by atoms with Gasteiger partial charge >= 0.3 is 0 Å². The normalized spacial score (nSPS) is 12.5. The second-order valence-electron chi connectivity index (χ2n) is 5.02. The van der Waals surface area contributed by atoms with Gasteiger partial charge in [-0.25, -0.2) is 4.98 Å². The third kappa shape index (κ3) is 4.21. The summed E-state index contributed by atoms with van der Waals surface area (Å²) in [5, 5.41) is 3.50. The molecule has 102 valence electrons. The molecule has 1 atom stereocenters. The van der Waals surface area contributed by atoms with E-state index in [4.69, 9.17) is 0 Å². The van der Waals surface area contributed by atoms with Crippen molar-refractivity contribution in [2.45, 2.75) is 32.7 Å². The Hall–Kier alpha value is -1.61. The average molecular weight is 257 g/mol. The van der Waals surface area contributed by atoms with Crippen molar-refractivity contribution in [3.63, 3.8) is 0 Å². The second-order valence-corrected chi connectivity index (χ2v) is 5.02. The van der Waals surface area contributed by atoms with Gasteiger partial charge in [-0.3, -0.25) is 0 Å². The molecule has 0 bridgehead atoms. The van der Waals surface area contributed by atoms with Gasteiger partial charge in [-0.05, 0) is 31.4 Å². The van der Waals surface area contributed by atoms with Crippen molar-refractivity contribution >= 4 is 0 Å². The van der Waals surface area contributed by atoms with Crippen molar-refractivity contribution < 1.29 is 0 Å². The lowest BCUT2D eigenvalue weighted by molar-refractivity contribution is 0.552. The highest BCUT2D eigenvalue weighted by Gasteiger charge is 2.03. The Morgan fingerprint density at radius 2 is 2.00 bits per heavy atom. The Bertz CT molecular complexity index is 476. The van der Waals surface area contributed by atoms with E-state index >= 15 is 0 Å². The number of hydrogen-bond donors (Lipinski definition) is 1. The number of nitrogens with one attached hydrogen (secondary N) is 1. The number of nitrogens with zero attached hydrogens (tertiary/aromatic N) is 2. The van der Waals surface area contributed by atoms with E-state index in [-0.39, 0.29) is 0 Å². The van der Waals surface area contributed by atoms with Gasteiger partial charge in [0.2, 0.25) is 0 Å². The van der Waals surface area contributed by atoms with E-state index in [1.54, 1.807) is 0 Å². The Kier molecular flexibility index (Phi) is 5.16. The maximum absolute atomic E-state index is 4.22. The Morgan fingerprint density at radius 1 is 1.21 bits per heavy atom. The van der Waals surface area contributed by atoms with Gasteiger partial charge in [0.1, 0.15) is 5.82 Å². The van der Waals surface area contributed by atoms with Gasteiger partial charge in [-0.15, -0.1) is 0 Å². The molecule has 1 aromatic carbocycles. The molecule has 3 heteroatoms. The minimum absolute atomic E-state index is 0.615. The molecule has 1 aromatic heterocycles. The minimum atomic E-state index is 0.615. The SMILES string of the molecule is Cc1nccn1CCNCCC(C)c1ccccc1. The highest BCUT2D eigenvalue weighted by Crippen LogP contribution is 2.17. The van der Waals surface area contributed by atoms with E-state index in [0.29, 0.717) is 5.92 Å². The van der Waals surface area contributed by atoms with E-state index < -0.39 is 0 Å². The third-order valence-corrected chi connectivity index (χ3v) is 3.58. The fourth-order valence-electron chi connectivity index (χ4n) is 2.23. The van der Waals surface area contributed by atoms with Gasteiger partial charge in [-0.1, -0.05) is 37.3 Å². The number of benzene rings is 1. The van der Waals surface area contributed by atoms with Gasteiger partial charge in [0, 0.05) is 25.5 Å². The highest BCUT2D eigenvalue weighted by atomic mass is 15.1. The van der Waals surface area contributed by atoms with Gasteiger partial charge in [0.15, 0.2) is 0 Å². The van der Waals surface area contributed by atoms with E-state index in [2.05, 4.69) is 52.1 Å². The topological polar surface area (TPSA) is 29.9 Å². The molecular weight excluding hydrogens is 234 g/mol. The molecule has 1 N–H and O–H groups in total. The molecule has 0 aliphatic rings. The zero-order valence-electron chi connectivity index (χ0n) is 11.8. The van der Waals surface area contributed by atoms with Gasteiger partial charge in [0.05, 0.1) is 0 Å². The first kappa shape index (κ1) is 13.8. The molecule has 0 saturated carbocycles. The van der Waals surface area contributed by atoms with Gasteiger partial charge < -0.3 is 9.88 Å². The Morgan fingerprint density at radius 3 is 2.68 bits per heavy atom. The average Bonchev–Trinajstić information content (AvgIpc) is 2.85. The van der Waals surface area contributed by atoms with Crippen molar-refractivity contribution in [3.8, 4) is 0 Å². The largest absolute Gasteiger partial charge is 0.334 e. The van der Waals surface area contributed by atoms with Crippen molar-refractivity contribution in [1.29, 1.82) is 0 Å². The summed E-state index contributed by atoms with van der Waals surface area (Å²) in [5.74, 6) is 1.70. The molecule has 0 radical (unpaired) electrons. The van der Waals surface area contributed by atoms with E-state index in [0.717, 1.165) is 25.5 Å². The van der Waals surface area contributed by atoms with Crippen LogP contribution in [0, 0.1) is 6.92 Å². The molecule has 2 rings (SSSR count). The summed E-state index contributed by atoms with van der Waals surface area (Å²) < 4.78 is 2.17. The first-order valence-corrected chi connectivity index (χ1v) is 7.01. The summed E-state index contributed by atoms with van der Waals surface area (Å²) in [5.41, 5.74) is 1.43. The number of rotatable bonds is 7. The fourth-order valence-corrected chi connectivity index (χ4v) is 2.23. The van der Waals surface area contributed by atoms with Crippen LogP contribution in [0.4, 0.5) is 0 Å². The summed E-state index contributed by atoms with van der Waals surface area (Å²) in [4.78, 5) is 4.22. The summed E-state index contributed by atoms with van der Waals surface area (Å²) in [7, 11) is 0. The molecule has 19 heavy (non-hydrogen) atoms. The molecule has 0 saturated heterocycles. The van der Waals surface area contributed by atoms with Crippen molar-refractivity contribution in [2.24, 2.45) is 0 Å². The van der Waals surface area contributed by atoms with Crippen LogP contribution in [-0.4, -0.2) is 22.6 Å². The summed E-state index contributed by atoms with van der Waals surface area (Å²) >= 11 is 0. The molecule has 0 amide bonds. The monoisotopic (exact) mass is 257 g/mol. The maximum Gasteiger partial charge on any atom is 0.105 e. The quantitative estimate of drug-likeness (QED) is 0.773. The van der Waals surface area contributed by atoms with Crippen LogP contribution in [0.1, 0.15) is 30.7 Å². The lowest BCUT2D eigenvalue weighted by atomic mass is 9.98. The number of aromatic nitrogens is 2. The van der Waals surface area contributed by atoms with E-state index in [9.17, 15) is 0 Å². The van der Waals surface area contributed by atoms with E-state index in [1.165, 1.54) is 12.0 Å². The van der Waals surface area contributed by atoms with Crippen molar-refractivity contribution in [3.05, 3.63) is 54.1 Å². The van der Waals surface area contributed by atoms with Gasteiger partial charge in [0.25, 0.3) is 0 Å². The molecule has 0 spiro atoms. The highest BCUT2D eigenvalue weighted by molar-refractivity contribution is 5.18. The summed E-state index contributed by atoms with van der Waals surface area (Å²) in [6.45, 7) is 7.38. The van der Waals surface area contributed by atoms with Crippen LogP contribution >= 0.6 is 0 Å². The zero-order valence-corrected chi connectivity index (χ0v) is 11.8. The zero-order chi connectivity index (χ0) is 13.5. The number of imidazole rings is 1. The third-order valence-electron chi connectivity index (χ3n) is 3.58. The first-order valence-electron chi connectivity index (χ1n) is 7.01. The molecule has 1 heterocycles. The lowest BCUT2D eigenvalue weighted by Crippen LogP contribution is -2.22. The standard InChI is InChI=1S/C16H23N3/c1-14(16-6-4-3-5-7-16)8-9-17-10-12-19-13-11-18-15(19)2/h3-7,11,13-14,17H,8-10,12H2,1-2H3. The molecule has 2 aromatic rings. The molecule has 0 aliphatic carbocycles. The lowest BCUT2D eigenvalue weighted by Gasteiger charge is -2.12. The minimum Gasteiger partial charge on any atom is -0.334 e. The van der Waals surface area contributed by atoms with Crippen LogP contribution < -0.4 is 5.32 Å². The van der Waals surface area contributed by atoms with Crippen LogP contribution in [0.5, 0.6) is 0 Å². The first-order chi connectivity index (χ1) is 9.27. The van der Waals surface area contributed by atoms with Crippen LogP contribution in [0.15, 0.2) is 42.7 Å². The predicted molar refractivity (Wildman–Crippen MR) is 79.3 cm³/mol. The van der Waals surface area contributed by atoms with Crippen LogP contribution in [0.2, 0.25) is 0 Å². The predicted octanol–water partition coefficient (Wildman–Crippen LogP) is 2.97. The van der Waals surface area contributed by atoms with Crippen LogP contribution in [-0.2, 0) is 6.54 Å². The molecule has 3 nitrogen and oxygen atoms in total.